The van der Waals surface area contributed by atoms with Crippen molar-refractivity contribution in [2.45, 2.75) is 40.5 Å². The van der Waals surface area contributed by atoms with E-state index in [4.69, 9.17) is 0 Å². The third-order valence-corrected chi connectivity index (χ3v) is 6.16. The van der Waals surface area contributed by atoms with Crippen LogP contribution in [0.4, 0.5) is 0 Å². The van der Waals surface area contributed by atoms with Crippen LogP contribution in [0, 0.1) is 34.5 Å². The molecule has 0 nitrogen and oxygen atoms in total. The Hall–Kier alpha value is 0. The summed E-state index contributed by atoms with van der Waals surface area (Å²) in [5.41, 5.74) is 1.51. The molecule has 0 heteroatoms. The van der Waals surface area contributed by atoms with Crippen molar-refractivity contribution in [3.05, 3.63) is 0 Å². The van der Waals surface area contributed by atoms with Gasteiger partial charge in [-0.15, -0.1) is 0 Å². The quantitative estimate of drug-likeness (QED) is 0.515. The van der Waals surface area contributed by atoms with Crippen LogP contribution in [-0.2, 0) is 0 Å². The van der Waals surface area contributed by atoms with Crippen molar-refractivity contribution in [2.24, 2.45) is 34.5 Å². The molecular formula is C12H20. The fraction of sp³-hybridized carbons (Fsp3) is 1.00. The van der Waals surface area contributed by atoms with E-state index < -0.39 is 0 Å². The topological polar surface area (TPSA) is 0 Å². The van der Waals surface area contributed by atoms with E-state index in [0.717, 1.165) is 34.5 Å². The lowest BCUT2D eigenvalue weighted by Crippen LogP contribution is -2.78. The first kappa shape index (κ1) is 7.41. The molecule has 0 bridgehead atoms. The van der Waals surface area contributed by atoms with Crippen molar-refractivity contribution in [2.75, 3.05) is 0 Å². The molecule has 3 aliphatic rings. The van der Waals surface area contributed by atoms with Crippen LogP contribution in [0.2, 0.25) is 0 Å². The Kier molecular flexibility index (Phi) is 1.00. The first-order valence-electron chi connectivity index (χ1n) is 5.52. The molecule has 0 aromatic carbocycles. The summed E-state index contributed by atoms with van der Waals surface area (Å²) in [6, 6.07) is 0. The SMILES string of the molecule is CC1CC2(C)C1C1CC(C)C12C. The third-order valence-electron chi connectivity index (χ3n) is 6.16. The van der Waals surface area contributed by atoms with E-state index in [0.29, 0.717) is 0 Å². The van der Waals surface area contributed by atoms with Gasteiger partial charge >= 0.3 is 0 Å². The fourth-order valence-electron chi connectivity index (χ4n) is 5.30. The van der Waals surface area contributed by atoms with E-state index in [1.54, 1.807) is 0 Å². The van der Waals surface area contributed by atoms with E-state index in [-0.39, 0.29) is 0 Å². The summed E-state index contributed by atoms with van der Waals surface area (Å²) in [4.78, 5) is 0. The van der Waals surface area contributed by atoms with Crippen molar-refractivity contribution < 1.29 is 0 Å². The van der Waals surface area contributed by atoms with Crippen LogP contribution in [-0.4, -0.2) is 0 Å². The average Bonchev–Trinajstić information content (AvgIpc) is 2.01. The van der Waals surface area contributed by atoms with Gasteiger partial charge in [0, 0.05) is 0 Å². The van der Waals surface area contributed by atoms with Gasteiger partial charge in [0.1, 0.15) is 0 Å². The van der Waals surface area contributed by atoms with Crippen LogP contribution in [0.25, 0.3) is 0 Å². The van der Waals surface area contributed by atoms with Gasteiger partial charge in [-0.2, -0.15) is 0 Å². The van der Waals surface area contributed by atoms with Gasteiger partial charge in [0.05, 0.1) is 0 Å². The van der Waals surface area contributed by atoms with Gasteiger partial charge < -0.3 is 0 Å². The third kappa shape index (κ3) is 0.418. The van der Waals surface area contributed by atoms with Gasteiger partial charge in [-0.05, 0) is 47.3 Å². The predicted octanol–water partition coefficient (Wildman–Crippen LogP) is 3.32. The Morgan fingerprint density at radius 2 is 1.83 bits per heavy atom. The van der Waals surface area contributed by atoms with E-state index in [1.165, 1.54) is 12.8 Å². The molecular weight excluding hydrogens is 144 g/mol. The average molecular weight is 164 g/mol. The number of rotatable bonds is 0. The van der Waals surface area contributed by atoms with Gasteiger partial charge in [0.2, 0.25) is 0 Å². The van der Waals surface area contributed by atoms with Crippen LogP contribution in [0.15, 0.2) is 0 Å². The van der Waals surface area contributed by atoms with Crippen molar-refractivity contribution in [1.82, 2.24) is 0 Å². The number of hydrogen-bond acceptors (Lipinski definition) is 0. The maximum atomic E-state index is 2.55. The fourth-order valence-corrected chi connectivity index (χ4v) is 5.30. The Labute approximate surface area is 75.7 Å². The highest BCUT2D eigenvalue weighted by Crippen LogP contribution is 2.84. The Morgan fingerprint density at radius 1 is 1.17 bits per heavy atom. The Morgan fingerprint density at radius 3 is 2.25 bits per heavy atom. The van der Waals surface area contributed by atoms with E-state index >= 15 is 0 Å². The van der Waals surface area contributed by atoms with Crippen LogP contribution < -0.4 is 0 Å². The zero-order chi connectivity index (χ0) is 8.72. The second-order valence-corrected chi connectivity index (χ2v) is 6.15. The van der Waals surface area contributed by atoms with Crippen molar-refractivity contribution >= 4 is 0 Å². The van der Waals surface area contributed by atoms with Crippen molar-refractivity contribution in [3.63, 3.8) is 0 Å². The maximum absolute atomic E-state index is 2.55. The Bertz CT molecular complexity index is 244. The summed E-state index contributed by atoms with van der Waals surface area (Å²) in [5, 5.41) is 0. The van der Waals surface area contributed by atoms with Gasteiger partial charge in [-0.25, -0.2) is 0 Å². The highest BCUT2D eigenvalue weighted by Gasteiger charge is 2.78. The second-order valence-electron chi connectivity index (χ2n) is 6.15. The minimum Gasteiger partial charge on any atom is -0.0622 e. The molecule has 0 aromatic rings. The summed E-state index contributed by atoms with van der Waals surface area (Å²) in [6.07, 6.45) is 3.04. The molecule has 6 atom stereocenters. The lowest BCUT2D eigenvalue weighted by atomic mass is 9.20. The summed E-state index contributed by atoms with van der Waals surface area (Å²) in [7, 11) is 0. The van der Waals surface area contributed by atoms with Gasteiger partial charge in [0.15, 0.2) is 0 Å². The number of hydrogen-bond donors (Lipinski definition) is 0. The van der Waals surface area contributed by atoms with Gasteiger partial charge in [-0.1, -0.05) is 27.7 Å². The van der Waals surface area contributed by atoms with E-state index in [9.17, 15) is 0 Å². The number of fused-ring (bicyclic) bond motifs is 4. The highest BCUT2D eigenvalue weighted by atomic mass is 14.8. The van der Waals surface area contributed by atoms with E-state index in [1.807, 2.05) is 0 Å². The predicted molar refractivity (Wildman–Crippen MR) is 50.8 cm³/mol. The molecule has 3 saturated carbocycles. The summed E-state index contributed by atoms with van der Waals surface area (Å²) < 4.78 is 0. The maximum Gasteiger partial charge on any atom is -0.0212 e. The first-order chi connectivity index (χ1) is 5.52. The van der Waals surface area contributed by atoms with Gasteiger partial charge in [0.25, 0.3) is 0 Å². The molecule has 0 saturated heterocycles. The van der Waals surface area contributed by atoms with Crippen molar-refractivity contribution in [3.8, 4) is 0 Å². The molecule has 0 radical (unpaired) electrons. The molecule has 3 aliphatic carbocycles. The Balaban J connectivity index is 1.94. The standard InChI is InChI=1S/C12H20/c1-7-6-11(3)10(7)9-5-8(2)12(9,11)4/h7-10H,5-6H2,1-4H3. The minimum atomic E-state index is 0.754. The van der Waals surface area contributed by atoms with Gasteiger partial charge in [-0.3, -0.25) is 0 Å². The van der Waals surface area contributed by atoms with Crippen LogP contribution >= 0.6 is 0 Å². The summed E-state index contributed by atoms with van der Waals surface area (Å²) in [6.45, 7) is 10.0. The lowest BCUT2D eigenvalue weighted by Gasteiger charge is -2.84. The first-order valence-corrected chi connectivity index (χ1v) is 5.52. The zero-order valence-electron chi connectivity index (χ0n) is 8.72. The molecule has 0 amide bonds. The minimum absolute atomic E-state index is 0.754. The lowest BCUT2D eigenvalue weighted by molar-refractivity contribution is -0.361. The monoisotopic (exact) mass is 164 g/mol. The molecule has 0 N–H and O–H groups in total. The molecule has 0 aromatic heterocycles. The highest BCUT2D eigenvalue weighted by molar-refractivity contribution is 5.26. The normalized spacial score (nSPS) is 73.0. The van der Waals surface area contributed by atoms with Crippen molar-refractivity contribution in [1.29, 1.82) is 0 Å². The molecule has 0 heterocycles. The largest absolute Gasteiger partial charge is 0.0622 e. The smallest absolute Gasteiger partial charge is 0.0212 e. The summed E-state index contributed by atoms with van der Waals surface area (Å²) >= 11 is 0. The molecule has 12 heavy (non-hydrogen) atoms. The van der Waals surface area contributed by atoms with E-state index in [2.05, 4.69) is 27.7 Å². The second kappa shape index (κ2) is 1.63. The molecule has 68 valence electrons. The summed E-state index contributed by atoms with van der Waals surface area (Å²) in [5.74, 6) is 4.27. The molecule has 0 aliphatic heterocycles. The zero-order valence-corrected chi connectivity index (χ0v) is 8.72. The van der Waals surface area contributed by atoms with Crippen LogP contribution in [0.5, 0.6) is 0 Å². The van der Waals surface area contributed by atoms with Crippen LogP contribution in [0.3, 0.4) is 0 Å². The molecule has 3 fully saturated rings. The molecule has 0 spiro atoms. The van der Waals surface area contributed by atoms with Crippen LogP contribution in [0.1, 0.15) is 40.5 Å². The molecule has 3 rings (SSSR count). The molecule has 6 unspecified atom stereocenters.